The van der Waals surface area contributed by atoms with Gasteiger partial charge >= 0.3 is 0 Å². The van der Waals surface area contributed by atoms with Crippen LogP contribution in [0, 0.1) is 5.92 Å². The van der Waals surface area contributed by atoms with Gasteiger partial charge in [0.2, 0.25) is 0 Å². The van der Waals surface area contributed by atoms with Gasteiger partial charge in [-0.3, -0.25) is 0 Å². The first kappa shape index (κ1) is 10.2. The maximum absolute atomic E-state index is 9.92. The van der Waals surface area contributed by atoms with Gasteiger partial charge in [0.25, 0.3) is 0 Å². The largest absolute Gasteiger partial charge is 0.458 e. The lowest BCUT2D eigenvalue weighted by Gasteiger charge is -2.13. The molecule has 1 aromatic carbocycles. The van der Waals surface area contributed by atoms with E-state index >= 15 is 0 Å². The molecule has 1 heterocycles. The van der Waals surface area contributed by atoms with Crippen LogP contribution in [0.3, 0.4) is 0 Å². The Morgan fingerprint density at radius 1 is 1.40 bits per heavy atom. The summed E-state index contributed by atoms with van der Waals surface area (Å²) < 4.78 is 5.55. The minimum atomic E-state index is -0.623. The second kappa shape index (κ2) is 4.04. The van der Waals surface area contributed by atoms with Crippen molar-refractivity contribution in [2.75, 3.05) is 6.54 Å². The average molecular weight is 205 g/mol. The molecule has 0 radical (unpaired) electrons. The molecule has 0 bridgehead atoms. The maximum Gasteiger partial charge on any atom is 0.134 e. The van der Waals surface area contributed by atoms with Crippen LogP contribution < -0.4 is 5.73 Å². The quantitative estimate of drug-likeness (QED) is 0.806. The Morgan fingerprint density at radius 3 is 2.80 bits per heavy atom. The van der Waals surface area contributed by atoms with Crippen molar-refractivity contribution >= 4 is 11.0 Å². The molecular formula is C12H15NO2. The third-order valence-electron chi connectivity index (χ3n) is 2.65. The van der Waals surface area contributed by atoms with Crippen LogP contribution in [0.2, 0.25) is 0 Å². The summed E-state index contributed by atoms with van der Waals surface area (Å²) >= 11 is 0. The molecule has 3 N–H and O–H groups in total. The molecule has 0 aliphatic rings. The number of furan rings is 1. The molecule has 0 amide bonds. The number of aliphatic hydroxyl groups is 1. The van der Waals surface area contributed by atoms with Crippen LogP contribution in [0.5, 0.6) is 0 Å². The van der Waals surface area contributed by atoms with Gasteiger partial charge in [0.05, 0.1) is 0 Å². The van der Waals surface area contributed by atoms with Gasteiger partial charge in [-0.1, -0.05) is 25.1 Å². The van der Waals surface area contributed by atoms with E-state index in [4.69, 9.17) is 10.2 Å². The fourth-order valence-corrected chi connectivity index (χ4v) is 1.56. The number of rotatable bonds is 3. The van der Waals surface area contributed by atoms with Crippen molar-refractivity contribution in [2.45, 2.75) is 13.0 Å². The second-order valence-corrected chi connectivity index (χ2v) is 3.84. The van der Waals surface area contributed by atoms with Gasteiger partial charge in [-0.05, 0) is 18.7 Å². The zero-order chi connectivity index (χ0) is 10.8. The molecule has 80 valence electrons. The van der Waals surface area contributed by atoms with Crippen LogP contribution in [0.15, 0.2) is 34.7 Å². The van der Waals surface area contributed by atoms with Gasteiger partial charge in [-0.2, -0.15) is 0 Å². The van der Waals surface area contributed by atoms with Crippen molar-refractivity contribution < 1.29 is 9.52 Å². The lowest BCUT2D eigenvalue weighted by atomic mass is 10.0. The minimum Gasteiger partial charge on any atom is -0.458 e. The van der Waals surface area contributed by atoms with E-state index in [0.29, 0.717) is 12.3 Å². The summed E-state index contributed by atoms with van der Waals surface area (Å²) in [6.07, 6.45) is -0.623. The van der Waals surface area contributed by atoms with Crippen LogP contribution in [0.1, 0.15) is 18.8 Å². The number of fused-ring (bicyclic) bond motifs is 1. The molecule has 2 rings (SSSR count). The fourth-order valence-electron chi connectivity index (χ4n) is 1.56. The number of benzene rings is 1. The third kappa shape index (κ3) is 1.89. The molecule has 3 heteroatoms. The summed E-state index contributed by atoms with van der Waals surface area (Å²) in [5.41, 5.74) is 6.30. The van der Waals surface area contributed by atoms with Crippen molar-refractivity contribution in [1.29, 1.82) is 0 Å². The lowest BCUT2D eigenvalue weighted by Crippen LogP contribution is -2.18. The number of hydrogen-bond donors (Lipinski definition) is 2. The molecule has 2 atom stereocenters. The van der Waals surface area contributed by atoms with E-state index in [-0.39, 0.29) is 5.92 Å². The Morgan fingerprint density at radius 2 is 2.13 bits per heavy atom. The van der Waals surface area contributed by atoms with E-state index in [9.17, 15) is 5.11 Å². The number of para-hydroxylation sites is 1. The van der Waals surface area contributed by atoms with Crippen LogP contribution in [-0.2, 0) is 0 Å². The van der Waals surface area contributed by atoms with Crippen LogP contribution in [0.4, 0.5) is 0 Å². The summed E-state index contributed by atoms with van der Waals surface area (Å²) in [7, 11) is 0. The lowest BCUT2D eigenvalue weighted by molar-refractivity contribution is 0.0998. The number of nitrogens with two attached hydrogens (primary N) is 1. The Kier molecular flexibility index (Phi) is 2.75. The zero-order valence-corrected chi connectivity index (χ0v) is 8.68. The van der Waals surface area contributed by atoms with Crippen molar-refractivity contribution in [3.05, 3.63) is 36.1 Å². The highest BCUT2D eigenvalue weighted by atomic mass is 16.4. The Labute approximate surface area is 88.5 Å². The van der Waals surface area contributed by atoms with Gasteiger partial charge in [-0.15, -0.1) is 0 Å². The summed E-state index contributed by atoms with van der Waals surface area (Å²) in [6.45, 7) is 2.34. The van der Waals surface area contributed by atoms with Gasteiger partial charge in [0.15, 0.2) is 0 Å². The smallest absolute Gasteiger partial charge is 0.134 e. The summed E-state index contributed by atoms with van der Waals surface area (Å²) in [6, 6.07) is 9.57. The van der Waals surface area contributed by atoms with E-state index in [1.54, 1.807) is 0 Å². The van der Waals surface area contributed by atoms with Crippen molar-refractivity contribution in [2.24, 2.45) is 11.7 Å². The second-order valence-electron chi connectivity index (χ2n) is 3.84. The Hall–Kier alpha value is -1.32. The normalized spacial score (nSPS) is 15.4. The van der Waals surface area contributed by atoms with E-state index in [1.165, 1.54) is 0 Å². The topological polar surface area (TPSA) is 59.4 Å². The molecule has 1 aromatic heterocycles. The first-order valence-electron chi connectivity index (χ1n) is 5.09. The first-order chi connectivity index (χ1) is 7.22. The van der Waals surface area contributed by atoms with E-state index in [1.807, 2.05) is 37.3 Å². The standard InChI is InChI=1S/C12H15NO2/c1-8(7-13)12(14)11-6-9-4-2-3-5-10(9)15-11/h2-6,8,12,14H,7,13H2,1H3. The minimum absolute atomic E-state index is 0.00515. The van der Waals surface area contributed by atoms with Crippen molar-refractivity contribution in [1.82, 2.24) is 0 Å². The van der Waals surface area contributed by atoms with E-state index < -0.39 is 6.10 Å². The summed E-state index contributed by atoms with van der Waals surface area (Å²) in [5, 5.41) is 10.9. The SMILES string of the molecule is CC(CN)C(O)c1cc2ccccc2o1. The van der Waals surface area contributed by atoms with Gasteiger partial charge in [0.1, 0.15) is 17.4 Å². The molecule has 0 saturated carbocycles. The predicted molar refractivity (Wildman–Crippen MR) is 59.4 cm³/mol. The third-order valence-corrected chi connectivity index (χ3v) is 2.65. The van der Waals surface area contributed by atoms with Gasteiger partial charge in [-0.25, -0.2) is 0 Å². The molecule has 15 heavy (non-hydrogen) atoms. The summed E-state index contributed by atoms with van der Waals surface area (Å²) in [4.78, 5) is 0. The molecule has 0 spiro atoms. The highest BCUT2D eigenvalue weighted by Crippen LogP contribution is 2.27. The van der Waals surface area contributed by atoms with Crippen LogP contribution in [-0.4, -0.2) is 11.7 Å². The van der Waals surface area contributed by atoms with Crippen molar-refractivity contribution in [3.8, 4) is 0 Å². The zero-order valence-electron chi connectivity index (χ0n) is 8.68. The number of hydrogen-bond acceptors (Lipinski definition) is 3. The molecular weight excluding hydrogens is 190 g/mol. The predicted octanol–water partition coefficient (Wildman–Crippen LogP) is 2.06. The molecule has 0 aliphatic heterocycles. The average Bonchev–Trinajstić information content (AvgIpc) is 2.70. The molecule has 3 nitrogen and oxygen atoms in total. The maximum atomic E-state index is 9.92. The first-order valence-corrected chi connectivity index (χ1v) is 5.09. The highest BCUT2D eigenvalue weighted by Gasteiger charge is 2.18. The Balaban J connectivity index is 2.36. The Bertz CT molecular complexity index is 417. The molecule has 0 fully saturated rings. The molecule has 0 saturated heterocycles. The highest BCUT2D eigenvalue weighted by molar-refractivity contribution is 5.77. The number of aliphatic hydroxyl groups excluding tert-OH is 1. The summed E-state index contributed by atoms with van der Waals surface area (Å²) in [5.74, 6) is 0.597. The molecule has 2 aromatic rings. The van der Waals surface area contributed by atoms with Crippen molar-refractivity contribution in [3.63, 3.8) is 0 Å². The fraction of sp³-hybridized carbons (Fsp3) is 0.333. The molecule has 0 aliphatic carbocycles. The van der Waals surface area contributed by atoms with Crippen LogP contribution in [0.25, 0.3) is 11.0 Å². The van der Waals surface area contributed by atoms with E-state index in [2.05, 4.69) is 0 Å². The van der Waals surface area contributed by atoms with Gasteiger partial charge in [0, 0.05) is 11.3 Å². The van der Waals surface area contributed by atoms with Gasteiger partial charge < -0.3 is 15.3 Å². The van der Waals surface area contributed by atoms with Crippen LogP contribution >= 0.6 is 0 Å². The monoisotopic (exact) mass is 205 g/mol. The van der Waals surface area contributed by atoms with E-state index in [0.717, 1.165) is 11.0 Å². The molecule has 2 unspecified atom stereocenters.